The molecule has 0 aromatic heterocycles. The van der Waals surface area contributed by atoms with Crippen LogP contribution in [0.25, 0.3) is 0 Å². The molecule has 11 heteroatoms. The van der Waals surface area contributed by atoms with Crippen LogP contribution < -0.4 is 10.2 Å². The van der Waals surface area contributed by atoms with E-state index in [4.69, 9.17) is 4.74 Å². The van der Waals surface area contributed by atoms with E-state index in [1.165, 1.54) is 0 Å². The Morgan fingerprint density at radius 1 is 1.09 bits per heavy atom. The molecule has 3 amide bonds. The highest BCUT2D eigenvalue weighted by Crippen LogP contribution is 2.60. The lowest BCUT2D eigenvalue weighted by Crippen LogP contribution is -2.46. The van der Waals surface area contributed by atoms with Crippen molar-refractivity contribution < 1.29 is 29.0 Å². The number of ether oxygens (including phenoxy) is 1. The number of halogens is 1. The molecule has 2 saturated heterocycles. The van der Waals surface area contributed by atoms with Gasteiger partial charge in [-0.1, -0.05) is 53.2 Å². The molecule has 5 atom stereocenters. The van der Waals surface area contributed by atoms with Crippen molar-refractivity contribution in [2.75, 3.05) is 23.4 Å². The molecule has 0 bridgehead atoms. The molecule has 3 aromatic rings. The first-order valence-corrected chi connectivity index (χ1v) is 19.6. The Morgan fingerprint density at radius 2 is 1.85 bits per heavy atom. The summed E-state index contributed by atoms with van der Waals surface area (Å²) in [6.45, 7) is 6.37. The van der Waals surface area contributed by atoms with Gasteiger partial charge in [-0.05, 0) is 74.0 Å². The summed E-state index contributed by atoms with van der Waals surface area (Å²) in [5.74, 6) is -0.996. The molecule has 9 nitrogen and oxygen atoms in total. The van der Waals surface area contributed by atoms with E-state index in [1.54, 1.807) is 21.9 Å². The highest BCUT2D eigenvalue weighted by atomic mass is 79.9. The average Bonchev–Trinajstić information content (AvgIpc) is 3.68. The third kappa shape index (κ3) is 5.83. The maximum absolute atomic E-state index is 14.7. The lowest BCUT2D eigenvalue weighted by atomic mass is 9.82. The molecule has 242 valence electrons. The van der Waals surface area contributed by atoms with E-state index < -0.39 is 25.9 Å². The molecule has 1 spiro atoms. The fourth-order valence-electron chi connectivity index (χ4n) is 7.77. The van der Waals surface area contributed by atoms with Crippen LogP contribution in [0, 0.1) is 5.92 Å². The van der Waals surface area contributed by atoms with Gasteiger partial charge >= 0.3 is 0 Å². The Labute approximate surface area is 278 Å². The number of carbonyl (C=O) groups is 3. The normalized spacial score (nSPS) is 25.7. The summed E-state index contributed by atoms with van der Waals surface area (Å²) in [6, 6.07) is 21.9. The number of benzene rings is 3. The SMILES string of the molecule is C[C@@H]1[C@@H]([Si](C)(C)O)[C@H](CC(=O)N2CCC[C@H]2CO)O[C@@]12C(=O)N(Cc1cccc(NC(=O)c3ccccc3)c1)c1ccc(Br)cc12. The van der Waals surface area contributed by atoms with E-state index in [-0.39, 0.29) is 48.9 Å². The smallest absolute Gasteiger partial charge is 0.264 e. The van der Waals surface area contributed by atoms with E-state index in [0.29, 0.717) is 29.0 Å². The van der Waals surface area contributed by atoms with Gasteiger partial charge in [0.25, 0.3) is 11.8 Å². The fourth-order valence-corrected chi connectivity index (χ4v) is 10.7. The Kier molecular flexibility index (Phi) is 8.99. The number of hydrogen-bond donors (Lipinski definition) is 3. The van der Waals surface area contributed by atoms with E-state index >= 15 is 0 Å². The van der Waals surface area contributed by atoms with Crippen molar-refractivity contribution in [3.05, 3.63) is 94.0 Å². The van der Waals surface area contributed by atoms with Crippen LogP contribution >= 0.6 is 15.9 Å². The monoisotopic (exact) mass is 705 g/mol. The minimum Gasteiger partial charge on any atom is -0.432 e. The Morgan fingerprint density at radius 3 is 2.57 bits per heavy atom. The Balaban J connectivity index is 1.31. The maximum atomic E-state index is 14.7. The summed E-state index contributed by atoms with van der Waals surface area (Å²) in [4.78, 5) is 56.1. The van der Waals surface area contributed by atoms with Crippen molar-refractivity contribution in [1.29, 1.82) is 0 Å². The molecule has 3 aliphatic heterocycles. The zero-order valence-corrected chi connectivity index (χ0v) is 28.9. The first-order chi connectivity index (χ1) is 21.9. The number of rotatable bonds is 8. The van der Waals surface area contributed by atoms with Crippen molar-refractivity contribution in [3.8, 4) is 0 Å². The van der Waals surface area contributed by atoms with Gasteiger partial charge in [-0.25, -0.2) is 0 Å². The van der Waals surface area contributed by atoms with Gasteiger partial charge in [-0.2, -0.15) is 0 Å². The van der Waals surface area contributed by atoms with Crippen LogP contribution in [0.15, 0.2) is 77.3 Å². The van der Waals surface area contributed by atoms with Crippen molar-refractivity contribution in [1.82, 2.24) is 4.90 Å². The number of likely N-dealkylation sites (tertiary alicyclic amines) is 1. The van der Waals surface area contributed by atoms with Crippen LogP contribution in [0.4, 0.5) is 11.4 Å². The molecule has 3 aliphatic rings. The average molecular weight is 707 g/mol. The zero-order valence-electron chi connectivity index (χ0n) is 26.3. The highest BCUT2D eigenvalue weighted by molar-refractivity contribution is 9.10. The number of hydrogen-bond acceptors (Lipinski definition) is 6. The van der Waals surface area contributed by atoms with Crippen molar-refractivity contribution >= 4 is 53.3 Å². The Bertz CT molecular complexity index is 1650. The standard InChI is InChI=1S/C35H40BrN3O6Si/c1-22-32(46(2,3)44)30(19-31(41)38-16-8-13-27(38)21-40)45-35(22)28-18-25(36)14-15-29(28)39(34(35)43)20-23-9-7-12-26(17-23)37-33(42)24-10-5-4-6-11-24/h4-7,9-12,14-15,17-18,22,27,30,32,40,44H,8,13,16,19-21H2,1-3H3,(H,37,42)/t22-,27+,30+,32-,35+/m1/s1. The summed E-state index contributed by atoms with van der Waals surface area (Å²) in [7, 11) is -2.96. The van der Waals surface area contributed by atoms with Gasteiger partial charge in [0, 0.05) is 39.3 Å². The van der Waals surface area contributed by atoms with Gasteiger partial charge in [0.1, 0.15) is 0 Å². The molecule has 6 rings (SSSR count). The second kappa shape index (κ2) is 12.7. The van der Waals surface area contributed by atoms with E-state index in [1.807, 2.05) is 80.7 Å². The molecule has 3 N–H and O–H groups in total. The lowest BCUT2D eigenvalue weighted by Gasteiger charge is -2.33. The van der Waals surface area contributed by atoms with Crippen LogP contribution in [-0.4, -0.2) is 66.1 Å². The molecule has 3 aromatic carbocycles. The summed E-state index contributed by atoms with van der Waals surface area (Å²) < 4.78 is 7.64. The molecule has 0 radical (unpaired) electrons. The van der Waals surface area contributed by atoms with Crippen LogP contribution in [0.2, 0.25) is 18.6 Å². The van der Waals surface area contributed by atoms with Crippen LogP contribution in [0.3, 0.4) is 0 Å². The number of fused-ring (bicyclic) bond motifs is 2. The quantitative estimate of drug-likeness (QED) is 0.270. The predicted molar refractivity (Wildman–Crippen MR) is 182 cm³/mol. The van der Waals surface area contributed by atoms with Gasteiger partial charge in [0.2, 0.25) is 5.91 Å². The van der Waals surface area contributed by atoms with E-state index in [9.17, 15) is 24.3 Å². The number of nitrogens with one attached hydrogen (secondary N) is 1. The van der Waals surface area contributed by atoms with Gasteiger partial charge in [0.15, 0.2) is 13.9 Å². The van der Waals surface area contributed by atoms with Gasteiger partial charge in [-0.15, -0.1) is 0 Å². The van der Waals surface area contributed by atoms with Crippen LogP contribution in [-0.2, 0) is 26.5 Å². The summed E-state index contributed by atoms with van der Waals surface area (Å²) in [5.41, 5.74) is 1.62. The third-order valence-corrected chi connectivity index (χ3v) is 12.8. The van der Waals surface area contributed by atoms with E-state index in [0.717, 1.165) is 22.9 Å². The molecule has 0 unspecified atom stereocenters. The summed E-state index contributed by atoms with van der Waals surface area (Å²) in [5, 5.41) is 12.8. The van der Waals surface area contributed by atoms with Crippen LogP contribution in [0.5, 0.6) is 0 Å². The summed E-state index contributed by atoms with van der Waals surface area (Å²) >= 11 is 3.59. The molecular formula is C35H40BrN3O6Si. The molecule has 3 heterocycles. The molecule has 2 fully saturated rings. The molecule has 46 heavy (non-hydrogen) atoms. The number of carbonyl (C=O) groups excluding carboxylic acids is 3. The van der Waals surface area contributed by atoms with Crippen molar-refractivity contribution in [3.63, 3.8) is 0 Å². The number of aliphatic hydroxyl groups is 1. The third-order valence-electron chi connectivity index (χ3n) is 9.79. The van der Waals surface area contributed by atoms with Gasteiger partial charge < -0.3 is 29.8 Å². The number of aliphatic hydroxyl groups excluding tert-OH is 1. The fraction of sp³-hybridized carbons (Fsp3) is 0.400. The number of amides is 3. The van der Waals surface area contributed by atoms with E-state index in [2.05, 4.69) is 21.2 Å². The van der Waals surface area contributed by atoms with Crippen molar-refractivity contribution in [2.24, 2.45) is 5.92 Å². The first-order valence-electron chi connectivity index (χ1n) is 15.8. The van der Waals surface area contributed by atoms with Gasteiger partial charge in [-0.3, -0.25) is 14.4 Å². The van der Waals surface area contributed by atoms with Crippen LogP contribution in [0.1, 0.15) is 47.7 Å². The second-order valence-electron chi connectivity index (χ2n) is 13.2. The molecule has 0 saturated carbocycles. The molecule has 0 aliphatic carbocycles. The minimum absolute atomic E-state index is 0.0318. The van der Waals surface area contributed by atoms with Crippen molar-refractivity contribution in [2.45, 2.75) is 69.1 Å². The maximum Gasteiger partial charge on any atom is 0.264 e. The molecular weight excluding hydrogens is 666 g/mol. The predicted octanol–water partition coefficient (Wildman–Crippen LogP) is 5.42. The number of nitrogens with zero attached hydrogens (tertiary/aromatic N) is 2. The topological polar surface area (TPSA) is 119 Å². The first kappa shape index (κ1) is 32.6. The second-order valence-corrected chi connectivity index (χ2v) is 18.1. The Hall–Kier alpha value is -3.35. The lowest BCUT2D eigenvalue weighted by molar-refractivity contribution is -0.150. The largest absolute Gasteiger partial charge is 0.432 e. The van der Waals surface area contributed by atoms with Gasteiger partial charge in [0.05, 0.1) is 37.4 Å². The number of anilines is 2. The zero-order chi connectivity index (χ0) is 32.8. The summed E-state index contributed by atoms with van der Waals surface area (Å²) in [6.07, 6.45) is 0.952. The highest BCUT2D eigenvalue weighted by Gasteiger charge is 2.66. The minimum atomic E-state index is -2.96.